The molecule has 15 heteroatoms. The van der Waals surface area contributed by atoms with E-state index in [4.69, 9.17) is 15.9 Å². The zero-order valence-corrected chi connectivity index (χ0v) is 19.0. The Balaban J connectivity index is 5.56. The maximum atomic E-state index is 12.6. The van der Waals surface area contributed by atoms with Gasteiger partial charge in [0.1, 0.15) is 24.2 Å². The molecule has 188 valence electrons. The van der Waals surface area contributed by atoms with E-state index in [-0.39, 0.29) is 6.42 Å². The number of carboxylic acid groups (broad SMARTS) is 3. The number of carbonyl (C=O) groups excluding carboxylic acids is 3. The first kappa shape index (κ1) is 30.1. The zero-order chi connectivity index (χ0) is 25.7. The van der Waals surface area contributed by atoms with Gasteiger partial charge >= 0.3 is 17.9 Å². The van der Waals surface area contributed by atoms with E-state index in [0.29, 0.717) is 5.75 Å². The van der Waals surface area contributed by atoms with E-state index in [2.05, 4.69) is 16.0 Å². The van der Waals surface area contributed by atoms with E-state index in [1.807, 2.05) is 0 Å². The smallest absolute Gasteiger partial charge is 0.326 e. The van der Waals surface area contributed by atoms with Gasteiger partial charge in [0.2, 0.25) is 17.7 Å². The molecule has 0 saturated heterocycles. The lowest BCUT2D eigenvalue weighted by molar-refractivity contribution is -0.143. The minimum absolute atomic E-state index is 0.0662. The Labute approximate surface area is 193 Å². The van der Waals surface area contributed by atoms with Crippen molar-refractivity contribution in [3.8, 4) is 0 Å². The molecule has 0 aliphatic carbocycles. The first-order chi connectivity index (χ1) is 15.3. The van der Waals surface area contributed by atoms with Crippen LogP contribution in [0.2, 0.25) is 0 Å². The van der Waals surface area contributed by atoms with Crippen LogP contribution in [-0.4, -0.2) is 98.3 Å². The van der Waals surface area contributed by atoms with Crippen LogP contribution < -0.4 is 21.7 Å². The minimum Gasteiger partial charge on any atom is -0.481 e. The van der Waals surface area contributed by atoms with Crippen molar-refractivity contribution in [2.24, 2.45) is 5.73 Å². The van der Waals surface area contributed by atoms with Crippen LogP contribution in [0.25, 0.3) is 0 Å². The molecular weight excluding hydrogens is 464 g/mol. The average Bonchev–Trinajstić information content (AvgIpc) is 2.71. The van der Waals surface area contributed by atoms with Crippen LogP contribution in [0.15, 0.2) is 0 Å². The van der Waals surface area contributed by atoms with Crippen molar-refractivity contribution < 1.29 is 49.2 Å². The topological polar surface area (TPSA) is 245 Å². The van der Waals surface area contributed by atoms with E-state index in [9.17, 15) is 39.0 Å². The van der Waals surface area contributed by atoms with Gasteiger partial charge in [0, 0.05) is 6.42 Å². The summed E-state index contributed by atoms with van der Waals surface area (Å²) in [6, 6.07) is -5.99. The summed E-state index contributed by atoms with van der Waals surface area (Å²) in [5.41, 5.74) is 5.46. The zero-order valence-electron chi connectivity index (χ0n) is 18.1. The van der Waals surface area contributed by atoms with Crippen LogP contribution in [0.3, 0.4) is 0 Å². The molecule has 0 heterocycles. The first-order valence-electron chi connectivity index (χ1n) is 9.80. The molecule has 3 amide bonds. The molecule has 9 N–H and O–H groups in total. The summed E-state index contributed by atoms with van der Waals surface area (Å²) in [6.45, 7) is 1.21. The second-order valence-corrected chi connectivity index (χ2v) is 8.09. The second-order valence-electron chi connectivity index (χ2n) is 7.10. The van der Waals surface area contributed by atoms with Crippen LogP contribution in [-0.2, 0) is 28.8 Å². The highest BCUT2D eigenvalue weighted by Crippen LogP contribution is 2.05. The van der Waals surface area contributed by atoms with Gasteiger partial charge in [-0.2, -0.15) is 11.8 Å². The number of aliphatic hydroxyl groups excluding tert-OH is 1. The van der Waals surface area contributed by atoms with Crippen molar-refractivity contribution in [1.82, 2.24) is 16.0 Å². The van der Waals surface area contributed by atoms with Crippen molar-refractivity contribution in [2.75, 3.05) is 12.0 Å². The molecule has 0 fully saturated rings. The third-order valence-electron chi connectivity index (χ3n) is 4.34. The van der Waals surface area contributed by atoms with Gasteiger partial charge in [0.15, 0.2) is 0 Å². The fraction of sp³-hybridized carbons (Fsp3) is 0.667. The summed E-state index contributed by atoms with van der Waals surface area (Å²) in [5.74, 6) is -6.85. The third-order valence-corrected chi connectivity index (χ3v) is 4.98. The Morgan fingerprint density at radius 2 is 1.33 bits per heavy atom. The quantitative estimate of drug-likeness (QED) is 0.109. The van der Waals surface area contributed by atoms with Crippen molar-refractivity contribution in [2.45, 2.75) is 62.9 Å². The maximum absolute atomic E-state index is 12.6. The fourth-order valence-corrected chi connectivity index (χ4v) is 2.92. The number of hydrogen-bond donors (Lipinski definition) is 8. The highest BCUT2D eigenvalue weighted by atomic mass is 32.2. The number of aliphatic carboxylic acids is 3. The van der Waals surface area contributed by atoms with Crippen LogP contribution in [0.4, 0.5) is 0 Å². The van der Waals surface area contributed by atoms with Crippen molar-refractivity contribution in [1.29, 1.82) is 0 Å². The summed E-state index contributed by atoms with van der Waals surface area (Å²) in [5, 5.41) is 43.0. The van der Waals surface area contributed by atoms with E-state index < -0.39 is 85.2 Å². The van der Waals surface area contributed by atoms with Gasteiger partial charge in [0.05, 0.1) is 12.5 Å². The number of nitrogens with one attached hydrogen (secondary N) is 3. The minimum atomic E-state index is -1.70. The van der Waals surface area contributed by atoms with Crippen LogP contribution in [0.5, 0.6) is 0 Å². The Bertz CT molecular complexity index is 733. The summed E-state index contributed by atoms with van der Waals surface area (Å²) in [4.78, 5) is 70.7. The number of carboxylic acids is 3. The largest absolute Gasteiger partial charge is 0.481 e. The summed E-state index contributed by atoms with van der Waals surface area (Å²) >= 11 is 1.34. The molecule has 0 aromatic rings. The normalized spacial score (nSPS) is 15.3. The summed E-state index contributed by atoms with van der Waals surface area (Å²) < 4.78 is 0. The number of hydrogen-bond acceptors (Lipinski definition) is 9. The number of thioether (sulfide) groups is 1. The number of carbonyl (C=O) groups is 6. The Morgan fingerprint density at radius 3 is 1.79 bits per heavy atom. The lowest BCUT2D eigenvalue weighted by Crippen LogP contribution is -2.58. The van der Waals surface area contributed by atoms with Gasteiger partial charge in [-0.15, -0.1) is 0 Å². The summed E-state index contributed by atoms with van der Waals surface area (Å²) in [6.07, 6.45) is -1.40. The van der Waals surface area contributed by atoms with E-state index in [0.717, 1.165) is 0 Å². The first-order valence-corrected chi connectivity index (χ1v) is 11.2. The molecule has 0 spiro atoms. The van der Waals surface area contributed by atoms with E-state index >= 15 is 0 Å². The Hall–Kier alpha value is -2.91. The lowest BCUT2D eigenvalue weighted by atomic mass is 10.1. The Morgan fingerprint density at radius 1 is 0.818 bits per heavy atom. The van der Waals surface area contributed by atoms with Gasteiger partial charge < -0.3 is 42.1 Å². The van der Waals surface area contributed by atoms with Gasteiger partial charge in [-0.3, -0.25) is 24.0 Å². The molecule has 0 rings (SSSR count). The van der Waals surface area contributed by atoms with Gasteiger partial charge in [-0.05, 0) is 31.8 Å². The number of nitrogens with two attached hydrogens (primary N) is 1. The summed E-state index contributed by atoms with van der Waals surface area (Å²) in [7, 11) is 0. The van der Waals surface area contributed by atoms with E-state index in [1.165, 1.54) is 18.7 Å². The molecule has 0 radical (unpaired) electrons. The fourth-order valence-electron chi connectivity index (χ4n) is 2.45. The second kappa shape index (κ2) is 15.0. The predicted octanol–water partition coefficient (Wildman–Crippen LogP) is -2.67. The van der Waals surface area contributed by atoms with Gasteiger partial charge in [0.25, 0.3) is 0 Å². The van der Waals surface area contributed by atoms with Crippen LogP contribution >= 0.6 is 11.8 Å². The van der Waals surface area contributed by atoms with Gasteiger partial charge in [-0.25, -0.2) is 4.79 Å². The monoisotopic (exact) mass is 494 g/mol. The highest BCUT2D eigenvalue weighted by Gasteiger charge is 2.32. The molecular formula is C18H30N4O10S. The standard InChI is InChI=1S/C18H30N4O10S/c1-8(23)14(19)17(30)22-11(7-13(26)27)16(29)20-9(3-4-12(24)25)15(28)21-10(18(31)32)5-6-33-2/h8-11,14,23H,3-7,19H2,1-2H3,(H,20,29)(H,21,28)(H,22,30)(H,24,25)(H,26,27)(H,31,32). The number of amides is 3. The Kier molecular flexibility index (Phi) is 13.7. The van der Waals surface area contributed by atoms with E-state index in [1.54, 1.807) is 6.26 Å². The van der Waals surface area contributed by atoms with Gasteiger partial charge in [-0.1, -0.05) is 0 Å². The number of aliphatic hydroxyl groups is 1. The van der Waals surface area contributed by atoms with Crippen molar-refractivity contribution in [3.63, 3.8) is 0 Å². The maximum Gasteiger partial charge on any atom is 0.326 e. The lowest BCUT2D eigenvalue weighted by Gasteiger charge is -2.24. The molecule has 0 saturated carbocycles. The molecule has 14 nitrogen and oxygen atoms in total. The highest BCUT2D eigenvalue weighted by molar-refractivity contribution is 7.98. The third kappa shape index (κ3) is 12.1. The number of rotatable bonds is 16. The molecule has 0 aliphatic rings. The molecule has 0 aliphatic heterocycles. The van der Waals surface area contributed by atoms with Crippen LogP contribution in [0.1, 0.15) is 32.6 Å². The molecule has 5 unspecified atom stereocenters. The average molecular weight is 495 g/mol. The molecule has 0 aromatic heterocycles. The van der Waals surface area contributed by atoms with Crippen molar-refractivity contribution >= 4 is 47.4 Å². The predicted molar refractivity (Wildman–Crippen MR) is 115 cm³/mol. The van der Waals surface area contributed by atoms with Crippen LogP contribution in [0, 0.1) is 0 Å². The molecule has 5 atom stereocenters. The van der Waals surface area contributed by atoms with Crippen molar-refractivity contribution in [3.05, 3.63) is 0 Å². The molecule has 0 bridgehead atoms. The molecule has 33 heavy (non-hydrogen) atoms. The SMILES string of the molecule is CSCCC(NC(=O)C(CCC(=O)O)NC(=O)C(CC(=O)O)NC(=O)C(N)C(C)O)C(=O)O. The molecule has 0 aromatic carbocycles.